The number of hydrogen-bond acceptors (Lipinski definition) is 5. The molecule has 1 atom stereocenters. The molecule has 3 aromatic rings. The Labute approximate surface area is 162 Å². The fourth-order valence-electron chi connectivity index (χ4n) is 3.61. The number of aromatic hydroxyl groups is 1. The topological polar surface area (TPSA) is 66.3 Å². The Morgan fingerprint density at radius 2 is 2.04 bits per heavy atom. The minimum absolute atomic E-state index is 0.0182. The van der Waals surface area contributed by atoms with Gasteiger partial charge in [-0.1, -0.05) is 23.7 Å². The van der Waals surface area contributed by atoms with E-state index in [-0.39, 0.29) is 17.5 Å². The number of Topliss-reactive ketones (excluding diaryl/α,β-unsaturated/α-hetero) is 1. The van der Waals surface area contributed by atoms with Crippen molar-refractivity contribution >= 4 is 34.1 Å². The molecule has 5 nitrogen and oxygen atoms in total. The van der Waals surface area contributed by atoms with E-state index in [2.05, 4.69) is 9.88 Å². The number of rotatable bonds is 3. The summed E-state index contributed by atoms with van der Waals surface area (Å²) in [6.45, 7) is 3.13. The predicted octanol–water partition coefficient (Wildman–Crippen LogP) is 4.46. The van der Waals surface area contributed by atoms with Crippen LogP contribution in [0.25, 0.3) is 22.3 Å². The summed E-state index contributed by atoms with van der Waals surface area (Å²) in [5.74, 6) is 1.58. The molecule has 1 saturated heterocycles. The van der Waals surface area contributed by atoms with E-state index < -0.39 is 0 Å². The minimum Gasteiger partial charge on any atom is -0.507 e. The molecule has 1 aromatic heterocycles. The quantitative estimate of drug-likeness (QED) is 0.725. The first-order chi connectivity index (χ1) is 13.0. The van der Waals surface area contributed by atoms with Crippen LogP contribution in [0.2, 0.25) is 5.02 Å². The molecule has 0 aliphatic carbocycles. The predicted molar refractivity (Wildman–Crippen MR) is 107 cm³/mol. The van der Waals surface area contributed by atoms with E-state index in [1.54, 1.807) is 31.2 Å². The maximum atomic E-state index is 11.9. The lowest BCUT2D eigenvalue weighted by Crippen LogP contribution is -2.38. The SMILES string of the molecule is CC(=O)C1CCCN(c2nc(-c3ccccc3O)nc3cc(Cl)ccc23)C1. The monoisotopic (exact) mass is 381 g/mol. The zero-order valence-electron chi connectivity index (χ0n) is 15.0. The van der Waals surface area contributed by atoms with Crippen LogP contribution in [0.5, 0.6) is 5.75 Å². The van der Waals surface area contributed by atoms with Gasteiger partial charge in [-0.2, -0.15) is 0 Å². The van der Waals surface area contributed by atoms with Crippen molar-refractivity contribution in [2.24, 2.45) is 5.92 Å². The van der Waals surface area contributed by atoms with Crippen LogP contribution in [0.1, 0.15) is 19.8 Å². The summed E-state index contributed by atoms with van der Waals surface area (Å²) in [6, 6.07) is 12.6. The van der Waals surface area contributed by atoms with E-state index >= 15 is 0 Å². The third-order valence-electron chi connectivity index (χ3n) is 5.08. The summed E-state index contributed by atoms with van der Waals surface area (Å²) in [5.41, 5.74) is 1.29. The molecule has 0 saturated carbocycles. The molecule has 0 radical (unpaired) electrons. The van der Waals surface area contributed by atoms with Crippen LogP contribution in [-0.2, 0) is 4.79 Å². The highest BCUT2D eigenvalue weighted by Gasteiger charge is 2.26. The summed E-state index contributed by atoms with van der Waals surface area (Å²) < 4.78 is 0. The fraction of sp³-hybridized carbons (Fsp3) is 0.286. The van der Waals surface area contributed by atoms with E-state index in [1.807, 2.05) is 18.2 Å². The van der Waals surface area contributed by atoms with Crippen molar-refractivity contribution in [3.63, 3.8) is 0 Å². The van der Waals surface area contributed by atoms with Crippen LogP contribution in [0.3, 0.4) is 0 Å². The number of phenolic OH excluding ortho intramolecular Hbond substituents is 1. The van der Waals surface area contributed by atoms with E-state index in [1.165, 1.54) is 0 Å². The molecule has 2 aromatic carbocycles. The molecule has 1 aliphatic heterocycles. The van der Waals surface area contributed by atoms with Gasteiger partial charge >= 0.3 is 0 Å². The number of carbonyl (C=O) groups is 1. The average molecular weight is 382 g/mol. The van der Waals surface area contributed by atoms with Crippen LogP contribution >= 0.6 is 11.6 Å². The lowest BCUT2D eigenvalue weighted by Gasteiger charge is -2.33. The molecule has 2 heterocycles. The Bertz CT molecular complexity index is 1020. The highest BCUT2D eigenvalue weighted by molar-refractivity contribution is 6.31. The smallest absolute Gasteiger partial charge is 0.165 e. The number of piperidine rings is 1. The van der Waals surface area contributed by atoms with Crippen molar-refractivity contribution in [1.82, 2.24) is 9.97 Å². The zero-order chi connectivity index (χ0) is 19.0. The molecule has 4 rings (SSSR count). The highest BCUT2D eigenvalue weighted by atomic mass is 35.5. The van der Waals surface area contributed by atoms with Crippen molar-refractivity contribution in [2.75, 3.05) is 18.0 Å². The van der Waals surface area contributed by atoms with Crippen LogP contribution in [0, 0.1) is 5.92 Å². The van der Waals surface area contributed by atoms with E-state index in [9.17, 15) is 9.90 Å². The molecule has 27 heavy (non-hydrogen) atoms. The molecule has 1 aliphatic rings. The van der Waals surface area contributed by atoms with Gasteiger partial charge in [0.2, 0.25) is 0 Å². The summed E-state index contributed by atoms with van der Waals surface area (Å²) >= 11 is 6.18. The van der Waals surface area contributed by atoms with Crippen LogP contribution < -0.4 is 4.90 Å². The Morgan fingerprint density at radius 1 is 1.22 bits per heavy atom. The normalized spacial score (nSPS) is 17.3. The number of fused-ring (bicyclic) bond motifs is 1. The molecule has 0 amide bonds. The van der Waals surface area contributed by atoms with Gasteiger partial charge in [-0.05, 0) is 50.1 Å². The number of aromatic nitrogens is 2. The van der Waals surface area contributed by atoms with Gasteiger partial charge in [-0.25, -0.2) is 9.97 Å². The van der Waals surface area contributed by atoms with E-state index in [4.69, 9.17) is 16.6 Å². The maximum Gasteiger partial charge on any atom is 0.165 e. The molecule has 0 bridgehead atoms. The van der Waals surface area contributed by atoms with Gasteiger partial charge in [-0.15, -0.1) is 0 Å². The van der Waals surface area contributed by atoms with Gasteiger partial charge in [0, 0.05) is 29.4 Å². The molecular formula is C21H20ClN3O2. The molecule has 0 spiro atoms. The first-order valence-corrected chi connectivity index (χ1v) is 9.42. The van der Waals surface area contributed by atoms with Crippen molar-refractivity contribution in [3.05, 3.63) is 47.5 Å². The number of carbonyl (C=O) groups excluding carboxylic acids is 1. The Kier molecular flexibility index (Phi) is 4.70. The van der Waals surface area contributed by atoms with Crippen LogP contribution in [0.4, 0.5) is 5.82 Å². The summed E-state index contributed by atoms with van der Waals surface area (Å²) in [5, 5.41) is 11.7. The van der Waals surface area contributed by atoms with Crippen molar-refractivity contribution in [2.45, 2.75) is 19.8 Å². The summed E-state index contributed by atoms with van der Waals surface area (Å²) in [7, 11) is 0. The van der Waals surface area contributed by atoms with E-state index in [0.29, 0.717) is 23.0 Å². The van der Waals surface area contributed by atoms with Crippen molar-refractivity contribution in [1.29, 1.82) is 0 Å². The average Bonchev–Trinajstić information content (AvgIpc) is 2.67. The first kappa shape index (κ1) is 17.7. The second kappa shape index (κ2) is 7.16. The number of benzene rings is 2. The molecular weight excluding hydrogens is 362 g/mol. The molecule has 1 fully saturated rings. The Balaban J connectivity index is 1.88. The van der Waals surface area contributed by atoms with Crippen molar-refractivity contribution in [3.8, 4) is 17.1 Å². The standard InChI is InChI=1S/C21H20ClN3O2/c1-13(26)14-5-4-10-25(12-14)21-16-9-8-15(22)11-18(16)23-20(24-21)17-6-2-3-7-19(17)27/h2-3,6-9,11,14,27H,4-5,10,12H2,1H3. The molecule has 138 valence electrons. The van der Waals surface area contributed by atoms with Gasteiger partial charge in [0.05, 0.1) is 11.1 Å². The van der Waals surface area contributed by atoms with Gasteiger partial charge in [0.1, 0.15) is 17.4 Å². The number of anilines is 1. The zero-order valence-corrected chi connectivity index (χ0v) is 15.8. The first-order valence-electron chi connectivity index (χ1n) is 9.04. The minimum atomic E-state index is 0.0182. The Hall–Kier alpha value is -2.66. The van der Waals surface area contributed by atoms with Crippen molar-refractivity contribution < 1.29 is 9.90 Å². The lowest BCUT2D eigenvalue weighted by molar-refractivity contribution is -0.120. The van der Waals surface area contributed by atoms with Crippen LogP contribution in [-0.4, -0.2) is 33.9 Å². The van der Waals surface area contributed by atoms with Gasteiger partial charge in [0.25, 0.3) is 0 Å². The van der Waals surface area contributed by atoms with Gasteiger partial charge in [-0.3, -0.25) is 4.79 Å². The molecule has 1 unspecified atom stereocenters. The fourth-order valence-corrected chi connectivity index (χ4v) is 3.78. The van der Waals surface area contributed by atoms with Gasteiger partial charge in [0.15, 0.2) is 5.82 Å². The summed E-state index contributed by atoms with van der Waals surface area (Å²) in [6.07, 6.45) is 1.85. The second-order valence-electron chi connectivity index (χ2n) is 6.95. The number of para-hydroxylation sites is 1. The second-order valence-corrected chi connectivity index (χ2v) is 7.38. The highest BCUT2D eigenvalue weighted by Crippen LogP contribution is 2.34. The van der Waals surface area contributed by atoms with Crippen LogP contribution in [0.15, 0.2) is 42.5 Å². The maximum absolute atomic E-state index is 11.9. The third kappa shape index (κ3) is 3.47. The number of nitrogens with zero attached hydrogens (tertiary/aromatic N) is 3. The van der Waals surface area contributed by atoms with E-state index in [0.717, 1.165) is 36.1 Å². The number of ketones is 1. The summed E-state index contributed by atoms with van der Waals surface area (Å²) in [4.78, 5) is 23.5. The molecule has 6 heteroatoms. The number of halogens is 1. The lowest BCUT2D eigenvalue weighted by atomic mass is 9.94. The number of phenols is 1. The number of hydrogen-bond donors (Lipinski definition) is 1. The largest absolute Gasteiger partial charge is 0.507 e. The Morgan fingerprint density at radius 3 is 2.81 bits per heavy atom. The molecule has 1 N–H and O–H groups in total. The third-order valence-corrected chi connectivity index (χ3v) is 5.31. The van der Waals surface area contributed by atoms with Gasteiger partial charge < -0.3 is 10.0 Å².